The number of ether oxygens (including phenoxy) is 1. The van der Waals surface area contributed by atoms with Gasteiger partial charge in [-0.1, -0.05) is 0 Å². The van der Waals surface area contributed by atoms with Crippen molar-refractivity contribution < 1.29 is 18.9 Å². The first-order valence-corrected chi connectivity index (χ1v) is 9.07. The molecule has 0 unspecified atom stereocenters. The zero-order valence-corrected chi connectivity index (χ0v) is 15.6. The molecule has 0 saturated carbocycles. The van der Waals surface area contributed by atoms with Crippen molar-refractivity contribution >= 4 is 23.4 Å². The smallest absolute Gasteiger partial charge is 0.348 e. The fraction of sp³-hybridized carbons (Fsp3) is 0.167. The van der Waals surface area contributed by atoms with Gasteiger partial charge in [-0.3, -0.25) is 10.1 Å². The van der Waals surface area contributed by atoms with Crippen molar-refractivity contribution in [3.8, 4) is 17.3 Å². The maximum Gasteiger partial charge on any atom is 0.348 e. The van der Waals surface area contributed by atoms with E-state index in [1.54, 1.807) is 32.2 Å². The standard InChI is InChI=1S/C18H15N3O5S/c1-10-9-12(6-7-13(10)21(23)24)26-18(22)15-11(2)19-16(20-17(15)27-3)14-5-4-8-25-14/h4-9H,1-3H3. The Labute approximate surface area is 158 Å². The highest BCUT2D eigenvalue weighted by atomic mass is 32.2. The number of hydrogen-bond donors (Lipinski definition) is 0. The molecule has 138 valence electrons. The SMILES string of the molecule is CSc1nc(-c2ccco2)nc(C)c1C(=O)Oc1ccc([N+](=O)[O-])c(C)c1. The highest BCUT2D eigenvalue weighted by Gasteiger charge is 2.22. The number of aromatic nitrogens is 2. The Hall–Kier alpha value is -3.20. The highest BCUT2D eigenvalue weighted by molar-refractivity contribution is 7.98. The van der Waals surface area contributed by atoms with Crippen LogP contribution in [0.25, 0.3) is 11.6 Å². The number of nitro benzene ring substituents is 1. The molecule has 0 aliphatic heterocycles. The summed E-state index contributed by atoms with van der Waals surface area (Å²) in [4.78, 5) is 31.8. The van der Waals surface area contributed by atoms with Gasteiger partial charge in [-0.2, -0.15) is 0 Å². The van der Waals surface area contributed by atoms with Crippen molar-refractivity contribution in [2.24, 2.45) is 0 Å². The fourth-order valence-electron chi connectivity index (χ4n) is 2.50. The molecule has 0 bridgehead atoms. The molecule has 0 aliphatic rings. The molecule has 2 heterocycles. The van der Waals surface area contributed by atoms with Gasteiger partial charge in [0.1, 0.15) is 16.3 Å². The number of carbonyl (C=O) groups excluding carboxylic acids is 1. The van der Waals surface area contributed by atoms with Gasteiger partial charge in [0.2, 0.25) is 0 Å². The van der Waals surface area contributed by atoms with Gasteiger partial charge < -0.3 is 9.15 Å². The summed E-state index contributed by atoms with van der Waals surface area (Å²) in [6.07, 6.45) is 3.31. The van der Waals surface area contributed by atoms with Crippen LogP contribution >= 0.6 is 11.8 Å². The van der Waals surface area contributed by atoms with Gasteiger partial charge in [-0.05, 0) is 44.4 Å². The van der Waals surface area contributed by atoms with Gasteiger partial charge in [0.15, 0.2) is 11.6 Å². The van der Waals surface area contributed by atoms with Crippen LogP contribution in [0.3, 0.4) is 0 Å². The molecule has 3 aromatic rings. The molecular weight excluding hydrogens is 370 g/mol. The molecule has 0 spiro atoms. The summed E-state index contributed by atoms with van der Waals surface area (Å²) in [5, 5.41) is 11.4. The van der Waals surface area contributed by atoms with Crippen LogP contribution in [0.5, 0.6) is 5.75 Å². The topological polar surface area (TPSA) is 108 Å². The average Bonchev–Trinajstić information content (AvgIpc) is 3.15. The van der Waals surface area contributed by atoms with Crippen molar-refractivity contribution in [2.45, 2.75) is 18.9 Å². The van der Waals surface area contributed by atoms with Gasteiger partial charge in [0.25, 0.3) is 5.69 Å². The molecule has 1 aromatic carbocycles. The first kappa shape index (κ1) is 18.6. The van der Waals surface area contributed by atoms with Crippen LogP contribution in [-0.2, 0) is 0 Å². The van der Waals surface area contributed by atoms with E-state index in [0.29, 0.717) is 27.9 Å². The van der Waals surface area contributed by atoms with Crippen LogP contribution in [0.1, 0.15) is 21.6 Å². The Morgan fingerprint density at radius 2 is 2.04 bits per heavy atom. The van der Waals surface area contributed by atoms with E-state index >= 15 is 0 Å². The number of esters is 1. The molecule has 9 heteroatoms. The lowest BCUT2D eigenvalue weighted by Crippen LogP contribution is -2.14. The number of nitro groups is 1. The molecule has 0 N–H and O–H groups in total. The first-order valence-electron chi connectivity index (χ1n) is 7.84. The van der Waals surface area contributed by atoms with E-state index in [0.717, 1.165) is 0 Å². The van der Waals surface area contributed by atoms with Crippen molar-refractivity contribution in [3.05, 3.63) is 63.5 Å². The summed E-state index contributed by atoms with van der Waals surface area (Å²) < 4.78 is 10.7. The summed E-state index contributed by atoms with van der Waals surface area (Å²) in [5.74, 6) is 0.463. The molecular formula is C18H15N3O5S. The van der Waals surface area contributed by atoms with Crippen LogP contribution in [0, 0.1) is 24.0 Å². The molecule has 2 aromatic heterocycles. The van der Waals surface area contributed by atoms with Crippen LogP contribution in [0.2, 0.25) is 0 Å². The van der Waals surface area contributed by atoms with Crippen LogP contribution in [0.15, 0.2) is 46.0 Å². The van der Waals surface area contributed by atoms with Gasteiger partial charge >= 0.3 is 5.97 Å². The Morgan fingerprint density at radius 1 is 1.26 bits per heavy atom. The second-order valence-electron chi connectivity index (χ2n) is 5.59. The average molecular weight is 385 g/mol. The first-order chi connectivity index (χ1) is 12.9. The molecule has 8 nitrogen and oxygen atoms in total. The maximum atomic E-state index is 12.7. The van der Waals surface area contributed by atoms with Crippen molar-refractivity contribution in [3.63, 3.8) is 0 Å². The molecule has 0 radical (unpaired) electrons. The van der Waals surface area contributed by atoms with Gasteiger partial charge in [0.05, 0.1) is 16.9 Å². The zero-order chi connectivity index (χ0) is 19.6. The van der Waals surface area contributed by atoms with E-state index in [2.05, 4.69) is 9.97 Å². The Bertz CT molecular complexity index is 1020. The number of thioether (sulfide) groups is 1. The third-order valence-electron chi connectivity index (χ3n) is 3.77. The molecule has 0 atom stereocenters. The fourth-order valence-corrected chi connectivity index (χ4v) is 3.11. The number of aryl methyl sites for hydroxylation is 2. The van der Waals surface area contributed by atoms with Crippen LogP contribution in [-0.4, -0.2) is 27.1 Å². The molecule has 27 heavy (non-hydrogen) atoms. The number of hydrogen-bond acceptors (Lipinski definition) is 8. The van der Waals surface area contributed by atoms with Crippen LogP contribution < -0.4 is 4.74 Å². The predicted molar refractivity (Wildman–Crippen MR) is 99.0 cm³/mol. The molecule has 0 fully saturated rings. The minimum Gasteiger partial charge on any atom is -0.461 e. The number of carbonyl (C=O) groups is 1. The van der Waals surface area contributed by atoms with E-state index in [-0.39, 0.29) is 17.0 Å². The number of nitrogens with zero attached hydrogens (tertiary/aromatic N) is 3. The highest BCUT2D eigenvalue weighted by Crippen LogP contribution is 2.28. The van der Waals surface area contributed by atoms with Crippen molar-refractivity contribution in [1.82, 2.24) is 9.97 Å². The van der Waals surface area contributed by atoms with Gasteiger partial charge in [-0.25, -0.2) is 14.8 Å². The minimum atomic E-state index is -0.629. The molecule has 0 amide bonds. The Balaban J connectivity index is 1.93. The Morgan fingerprint density at radius 3 is 2.63 bits per heavy atom. The lowest BCUT2D eigenvalue weighted by Gasteiger charge is -2.11. The predicted octanol–water partition coefficient (Wildman–Crippen LogP) is 4.20. The summed E-state index contributed by atoms with van der Waals surface area (Å²) in [7, 11) is 0. The maximum absolute atomic E-state index is 12.7. The lowest BCUT2D eigenvalue weighted by molar-refractivity contribution is -0.385. The second kappa shape index (κ2) is 7.58. The number of rotatable bonds is 5. The van der Waals surface area contributed by atoms with Crippen molar-refractivity contribution in [2.75, 3.05) is 6.26 Å². The van der Waals surface area contributed by atoms with E-state index in [4.69, 9.17) is 9.15 Å². The molecule has 3 rings (SSSR count). The normalized spacial score (nSPS) is 10.6. The third-order valence-corrected chi connectivity index (χ3v) is 4.45. The number of benzene rings is 1. The minimum absolute atomic E-state index is 0.0399. The Kier molecular flexibility index (Phi) is 5.22. The van der Waals surface area contributed by atoms with Crippen molar-refractivity contribution in [1.29, 1.82) is 0 Å². The quantitative estimate of drug-likeness (QED) is 0.160. The number of furan rings is 1. The van der Waals surface area contributed by atoms with Gasteiger partial charge in [0, 0.05) is 11.6 Å². The summed E-state index contributed by atoms with van der Waals surface area (Å²) in [5.41, 5.74) is 1.05. The lowest BCUT2D eigenvalue weighted by atomic mass is 10.2. The van der Waals surface area contributed by atoms with E-state index in [9.17, 15) is 14.9 Å². The zero-order valence-electron chi connectivity index (χ0n) is 14.8. The van der Waals surface area contributed by atoms with Gasteiger partial charge in [-0.15, -0.1) is 11.8 Å². The summed E-state index contributed by atoms with van der Waals surface area (Å²) in [6, 6.07) is 7.59. The third kappa shape index (κ3) is 3.82. The largest absolute Gasteiger partial charge is 0.461 e. The molecule has 0 saturated heterocycles. The van der Waals surface area contributed by atoms with E-state index in [1.807, 2.05) is 0 Å². The summed E-state index contributed by atoms with van der Waals surface area (Å²) >= 11 is 1.29. The van der Waals surface area contributed by atoms with E-state index < -0.39 is 10.9 Å². The van der Waals surface area contributed by atoms with E-state index in [1.165, 1.54) is 36.2 Å². The molecule has 0 aliphatic carbocycles. The second-order valence-corrected chi connectivity index (χ2v) is 6.38. The van der Waals surface area contributed by atoms with Crippen LogP contribution in [0.4, 0.5) is 5.69 Å². The summed E-state index contributed by atoms with van der Waals surface area (Å²) in [6.45, 7) is 3.26. The monoisotopic (exact) mass is 385 g/mol.